The van der Waals surface area contributed by atoms with Crippen LogP contribution in [0, 0.1) is 0 Å². The molecule has 1 amide bonds. The fourth-order valence-electron chi connectivity index (χ4n) is 3.00. The normalized spacial score (nSPS) is 12.3. The SMILES string of the molecule is CCCn1c(=NC(=O)CS(=O)(=O)c2ccc(Cl)cc2)sc2c(OC)ccc(OC)c21. The highest BCUT2D eigenvalue weighted by molar-refractivity contribution is 7.92. The first-order valence-electron chi connectivity index (χ1n) is 9.11. The van der Waals surface area contributed by atoms with Gasteiger partial charge in [0.2, 0.25) is 0 Å². The minimum atomic E-state index is -3.83. The molecule has 0 radical (unpaired) electrons. The van der Waals surface area contributed by atoms with E-state index in [0.717, 1.165) is 16.6 Å². The van der Waals surface area contributed by atoms with Gasteiger partial charge in [0.1, 0.15) is 27.5 Å². The van der Waals surface area contributed by atoms with E-state index in [1.54, 1.807) is 26.4 Å². The highest BCUT2D eigenvalue weighted by atomic mass is 35.5. The maximum absolute atomic E-state index is 12.6. The van der Waals surface area contributed by atoms with Crippen molar-refractivity contribution < 1.29 is 22.7 Å². The summed E-state index contributed by atoms with van der Waals surface area (Å²) in [5.41, 5.74) is 0.760. The third kappa shape index (κ3) is 4.53. The highest BCUT2D eigenvalue weighted by Crippen LogP contribution is 2.35. The molecule has 0 N–H and O–H groups in total. The average Bonchev–Trinajstić information content (AvgIpc) is 3.05. The van der Waals surface area contributed by atoms with Crippen molar-refractivity contribution >= 4 is 48.9 Å². The van der Waals surface area contributed by atoms with E-state index in [9.17, 15) is 13.2 Å². The average molecular weight is 469 g/mol. The molecular weight excluding hydrogens is 448 g/mol. The van der Waals surface area contributed by atoms with Gasteiger partial charge in [-0.3, -0.25) is 4.79 Å². The van der Waals surface area contributed by atoms with Crippen molar-refractivity contribution in [2.45, 2.75) is 24.8 Å². The molecule has 1 heterocycles. The lowest BCUT2D eigenvalue weighted by Crippen LogP contribution is -2.21. The summed E-state index contributed by atoms with van der Waals surface area (Å²) in [6.45, 7) is 2.58. The number of nitrogens with zero attached hydrogens (tertiary/aromatic N) is 2. The third-order valence-electron chi connectivity index (χ3n) is 4.35. The van der Waals surface area contributed by atoms with E-state index in [-0.39, 0.29) is 4.90 Å². The Kier molecular flexibility index (Phi) is 6.84. The number of aryl methyl sites for hydroxylation is 1. The molecule has 30 heavy (non-hydrogen) atoms. The van der Waals surface area contributed by atoms with Crippen LogP contribution in [0.5, 0.6) is 11.5 Å². The van der Waals surface area contributed by atoms with E-state index in [0.29, 0.717) is 27.9 Å². The number of fused-ring (bicyclic) bond motifs is 1. The van der Waals surface area contributed by atoms with Crippen LogP contribution in [0.2, 0.25) is 5.02 Å². The summed E-state index contributed by atoms with van der Waals surface area (Å²) in [6.07, 6.45) is 0.788. The largest absolute Gasteiger partial charge is 0.495 e. The van der Waals surface area contributed by atoms with Gasteiger partial charge in [0.25, 0.3) is 5.91 Å². The number of halogens is 1. The molecule has 0 atom stereocenters. The first-order valence-corrected chi connectivity index (χ1v) is 12.0. The molecule has 3 rings (SSSR count). The summed E-state index contributed by atoms with van der Waals surface area (Å²) in [4.78, 5) is 17.1. The van der Waals surface area contributed by atoms with Crippen LogP contribution in [0.4, 0.5) is 0 Å². The van der Waals surface area contributed by atoms with E-state index in [2.05, 4.69) is 4.99 Å². The molecule has 2 aromatic carbocycles. The summed E-state index contributed by atoms with van der Waals surface area (Å²) >= 11 is 7.06. The Morgan fingerprint density at radius 2 is 1.73 bits per heavy atom. The molecule has 0 spiro atoms. The maximum atomic E-state index is 12.6. The topological polar surface area (TPSA) is 87.0 Å². The first-order chi connectivity index (χ1) is 14.3. The predicted molar refractivity (Wildman–Crippen MR) is 117 cm³/mol. The van der Waals surface area contributed by atoms with Gasteiger partial charge < -0.3 is 14.0 Å². The zero-order valence-electron chi connectivity index (χ0n) is 16.7. The zero-order valence-corrected chi connectivity index (χ0v) is 19.1. The van der Waals surface area contributed by atoms with Crippen LogP contribution < -0.4 is 14.3 Å². The lowest BCUT2D eigenvalue weighted by atomic mass is 10.3. The number of hydrogen-bond donors (Lipinski definition) is 0. The molecule has 7 nitrogen and oxygen atoms in total. The number of hydrogen-bond acceptors (Lipinski definition) is 6. The van der Waals surface area contributed by atoms with Crippen molar-refractivity contribution in [2.75, 3.05) is 20.0 Å². The van der Waals surface area contributed by atoms with E-state index < -0.39 is 21.5 Å². The second-order valence-electron chi connectivity index (χ2n) is 6.40. The van der Waals surface area contributed by atoms with Crippen molar-refractivity contribution in [2.24, 2.45) is 4.99 Å². The molecule has 0 bridgehead atoms. The second kappa shape index (κ2) is 9.20. The number of benzene rings is 2. The maximum Gasteiger partial charge on any atom is 0.263 e. The standard InChI is InChI=1S/C20H21ClN2O5S2/c1-4-11-23-18-15(27-2)9-10-16(28-3)19(18)29-20(23)22-17(24)12-30(25,26)14-7-5-13(21)6-8-14/h5-10H,4,11-12H2,1-3H3. The van der Waals surface area contributed by atoms with Gasteiger partial charge in [0.05, 0.1) is 19.1 Å². The minimum Gasteiger partial charge on any atom is -0.495 e. The molecule has 3 aromatic rings. The quantitative estimate of drug-likeness (QED) is 0.527. The molecule has 0 unspecified atom stereocenters. The van der Waals surface area contributed by atoms with E-state index in [1.165, 1.54) is 35.6 Å². The van der Waals surface area contributed by atoms with Gasteiger partial charge in [-0.05, 0) is 42.8 Å². The molecule has 0 aliphatic rings. The molecule has 0 aliphatic heterocycles. The highest BCUT2D eigenvalue weighted by Gasteiger charge is 2.21. The van der Waals surface area contributed by atoms with E-state index in [1.807, 2.05) is 11.5 Å². The van der Waals surface area contributed by atoms with Crippen LogP contribution in [-0.2, 0) is 21.2 Å². The van der Waals surface area contributed by atoms with Gasteiger partial charge in [-0.25, -0.2) is 8.42 Å². The zero-order chi connectivity index (χ0) is 21.9. The van der Waals surface area contributed by atoms with Gasteiger partial charge in [0, 0.05) is 11.6 Å². The number of thiazole rings is 1. The Labute approximate surface area is 183 Å². The minimum absolute atomic E-state index is 0.0246. The van der Waals surface area contributed by atoms with Crippen molar-refractivity contribution in [3.05, 3.63) is 46.2 Å². The van der Waals surface area contributed by atoms with Crippen LogP contribution in [0.25, 0.3) is 10.2 Å². The monoisotopic (exact) mass is 468 g/mol. The summed E-state index contributed by atoms with van der Waals surface area (Å²) in [5, 5.41) is 0.416. The fraction of sp³-hybridized carbons (Fsp3) is 0.300. The third-order valence-corrected chi connectivity index (χ3v) is 7.31. The van der Waals surface area contributed by atoms with E-state index in [4.69, 9.17) is 21.1 Å². The smallest absolute Gasteiger partial charge is 0.263 e. The second-order valence-corrected chi connectivity index (χ2v) is 9.81. The molecule has 0 aliphatic carbocycles. The summed E-state index contributed by atoms with van der Waals surface area (Å²) in [5.74, 6) is -0.232. The van der Waals surface area contributed by atoms with Crippen LogP contribution in [0.3, 0.4) is 0 Å². The molecule has 160 valence electrons. The van der Waals surface area contributed by atoms with Gasteiger partial charge >= 0.3 is 0 Å². The number of ether oxygens (including phenoxy) is 2. The Bertz CT molecular complexity index is 1240. The van der Waals surface area contributed by atoms with Crippen LogP contribution >= 0.6 is 22.9 Å². The Morgan fingerprint density at radius 1 is 1.10 bits per heavy atom. The van der Waals surface area contributed by atoms with Crippen molar-refractivity contribution in [3.63, 3.8) is 0 Å². The van der Waals surface area contributed by atoms with Gasteiger partial charge in [0.15, 0.2) is 14.6 Å². The van der Waals surface area contributed by atoms with Crippen molar-refractivity contribution in [1.29, 1.82) is 0 Å². The molecule has 0 fully saturated rings. The molecule has 1 aromatic heterocycles. The van der Waals surface area contributed by atoms with Gasteiger partial charge in [-0.15, -0.1) is 0 Å². The van der Waals surface area contributed by atoms with Crippen molar-refractivity contribution in [3.8, 4) is 11.5 Å². The van der Waals surface area contributed by atoms with Crippen LogP contribution in [0.15, 0.2) is 46.3 Å². The summed E-state index contributed by atoms with van der Waals surface area (Å²) in [6, 6.07) is 9.25. The Balaban J connectivity index is 2.07. The first kappa shape index (κ1) is 22.3. The van der Waals surface area contributed by atoms with Crippen LogP contribution in [0.1, 0.15) is 13.3 Å². The lowest BCUT2D eigenvalue weighted by molar-refractivity contribution is -0.115. The number of methoxy groups -OCH3 is 2. The number of rotatable bonds is 7. The summed E-state index contributed by atoms with van der Waals surface area (Å²) in [7, 11) is -0.707. The van der Waals surface area contributed by atoms with Gasteiger partial charge in [-0.2, -0.15) is 4.99 Å². The lowest BCUT2D eigenvalue weighted by Gasteiger charge is -2.09. The number of amides is 1. The predicted octanol–water partition coefficient (Wildman–Crippen LogP) is 3.68. The van der Waals surface area contributed by atoms with Gasteiger partial charge in [-0.1, -0.05) is 29.9 Å². The number of carbonyl (C=O) groups is 1. The molecular formula is C20H21ClN2O5S2. The van der Waals surface area contributed by atoms with Crippen LogP contribution in [-0.4, -0.2) is 38.9 Å². The Morgan fingerprint density at radius 3 is 2.33 bits per heavy atom. The fourth-order valence-corrected chi connectivity index (χ4v) is 5.41. The van der Waals surface area contributed by atoms with E-state index >= 15 is 0 Å². The number of sulfone groups is 1. The number of carbonyl (C=O) groups excluding carboxylic acids is 1. The number of aromatic nitrogens is 1. The molecule has 10 heteroatoms. The molecule has 0 saturated heterocycles. The Hall–Kier alpha value is -2.36. The van der Waals surface area contributed by atoms with Crippen molar-refractivity contribution in [1.82, 2.24) is 4.57 Å². The summed E-state index contributed by atoms with van der Waals surface area (Å²) < 4.78 is 38.7. The molecule has 0 saturated carbocycles.